The monoisotopic (exact) mass is 1080 g/mol. The number of para-hydroxylation sites is 6. The fourth-order valence-electron chi connectivity index (χ4n) is 13.3. The van der Waals surface area contributed by atoms with Crippen molar-refractivity contribution in [1.82, 2.24) is 24.1 Å². The molecule has 0 saturated heterocycles. The molecule has 390 valence electrons. The van der Waals surface area contributed by atoms with Crippen LogP contribution in [0.4, 0.5) is 0 Å². The van der Waals surface area contributed by atoms with E-state index in [-0.39, 0.29) is 0 Å². The van der Waals surface area contributed by atoms with Gasteiger partial charge in [-0.25, -0.2) is 4.98 Å². The molecule has 0 aliphatic heterocycles. The van der Waals surface area contributed by atoms with Crippen molar-refractivity contribution in [3.8, 4) is 56.7 Å². The number of aromatic nitrogens is 5. The predicted molar refractivity (Wildman–Crippen MR) is 339 cm³/mol. The third kappa shape index (κ3) is 6.63. The fourth-order valence-corrected chi connectivity index (χ4v) is 13.3. The maximum absolute atomic E-state index is 6.36. The lowest BCUT2D eigenvalue weighted by Gasteiger charge is -2.15. The first kappa shape index (κ1) is 45.2. The molecule has 0 unspecified atom stereocenters. The van der Waals surface area contributed by atoms with Crippen LogP contribution in [0.3, 0.4) is 0 Å². The van der Waals surface area contributed by atoms with Gasteiger partial charge < -0.3 is 22.2 Å². The van der Waals surface area contributed by atoms with E-state index in [2.05, 4.69) is 173 Å². The van der Waals surface area contributed by atoms with Gasteiger partial charge in [0, 0.05) is 81.4 Å². The molecular formula is C75H41N5O4. The Kier molecular flexibility index (Phi) is 9.15. The zero-order valence-electron chi connectivity index (χ0n) is 44.5. The van der Waals surface area contributed by atoms with Gasteiger partial charge in [-0.2, -0.15) is 9.97 Å². The van der Waals surface area contributed by atoms with Crippen LogP contribution in [0.1, 0.15) is 0 Å². The summed E-state index contributed by atoms with van der Waals surface area (Å²) in [5.41, 5.74) is 17.7. The number of nitrogens with zero attached hydrogens (tertiary/aromatic N) is 5. The highest BCUT2D eigenvalue weighted by atomic mass is 16.3. The van der Waals surface area contributed by atoms with E-state index in [9.17, 15) is 0 Å². The molecule has 0 radical (unpaired) electrons. The Morgan fingerprint density at radius 2 is 0.560 bits per heavy atom. The van der Waals surface area contributed by atoms with Crippen molar-refractivity contribution in [2.24, 2.45) is 0 Å². The lowest BCUT2D eigenvalue weighted by molar-refractivity contribution is 0.668. The molecule has 12 aromatic carbocycles. The molecule has 0 spiro atoms. The fraction of sp³-hybridized carbons (Fsp3) is 0. The summed E-state index contributed by atoms with van der Waals surface area (Å²) in [5.74, 6) is 1.56. The Hall–Kier alpha value is -11.6. The molecule has 0 atom stereocenters. The molecule has 0 aliphatic rings. The molecule has 0 saturated carbocycles. The number of rotatable bonds is 6. The van der Waals surface area contributed by atoms with Crippen LogP contribution in [-0.4, -0.2) is 24.1 Å². The number of benzene rings is 12. The van der Waals surface area contributed by atoms with Crippen molar-refractivity contribution in [3.05, 3.63) is 249 Å². The van der Waals surface area contributed by atoms with E-state index in [1.807, 2.05) is 84.9 Å². The summed E-state index contributed by atoms with van der Waals surface area (Å²) in [6, 6.07) is 87.3. The van der Waals surface area contributed by atoms with Crippen LogP contribution >= 0.6 is 0 Å². The summed E-state index contributed by atoms with van der Waals surface area (Å²) in [7, 11) is 0. The average molecular weight is 1080 g/mol. The molecule has 7 aromatic heterocycles. The maximum atomic E-state index is 6.36. The summed E-state index contributed by atoms with van der Waals surface area (Å²) in [4.78, 5) is 16.3. The van der Waals surface area contributed by atoms with Gasteiger partial charge in [0.05, 0.1) is 22.1 Å². The summed E-state index contributed by atoms with van der Waals surface area (Å²) in [6.07, 6.45) is 0. The standard InChI is InChI=1S/C75H41N5O4/c1-7-19-61-49(13-1)55-40-56-50-14-2-8-20-62(50)80(75-77-73(44-27-31-71-59(38-44)53-17-5-11-23-67(53)83-71)76-74(78-75)45-28-32-72-60(39-45)54-18-6-12-24-68(54)84-72)64(56)41-63(55)79(61)48-34-46(42-25-29-69-57(36-42)51-15-3-9-21-65(51)81-69)33-47(35-48)43-26-30-70-58(37-43)52-16-4-10-22-66(52)82-70/h1-41H. The highest BCUT2D eigenvalue weighted by Crippen LogP contribution is 2.44. The minimum atomic E-state index is 0.492. The van der Waals surface area contributed by atoms with Crippen molar-refractivity contribution in [2.45, 2.75) is 0 Å². The second-order valence-corrected chi connectivity index (χ2v) is 21.9. The maximum Gasteiger partial charge on any atom is 0.238 e. The number of hydrogen-bond acceptors (Lipinski definition) is 7. The van der Waals surface area contributed by atoms with Crippen LogP contribution in [0.2, 0.25) is 0 Å². The normalized spacial score (nSPS) is 12.3. The molecule has 19 rings (SSSR count). The van der Waals surface area contributed by atoms with E-state index < -0.39 is 0 Å². The van der Waals surface area contributed by atoms with E-state index >= 15 is 0 Å². The summed E-state index contributed by atoms with van der Waals surface area (Å²) in [5, 5.41) is 12.8. The van der Waals surface area contributed by atoms with Gasteiger partial charge in [-0.15, -0.1) is 0 Å². The molecule has 0 N–H and O–H groups in total. The summed E-state index contributed by atoms with van der Waals surface area (Å²) < 4.78 is 30.0. The van der Waals surface area contributed by atoms with Crippen LogP contribution in [0, 0.1) is 0 Å². The van der Waals surface area contributed by atoms with Gasteiger partial charge >= 0.3 is 0 Å². The van der Waals surface area contributed by atoms with Gasteiger partial charge in [-0.05, 0) is 150 Å². The quantitative estimate of drug-likeness (QED) is 0.163. The van der Waals surface area contributed by atoms with E-state index in [1.165, 1.54) is 0 Å². The smallest absolute Gasteiger partial charge is 0.238 e. The number of furan rings is 4. The largest absolute Gasteiger partial charge is 0.456 e. The molecule has 19 aromatic rings. The SMILES string of the molecule is c1ccc2c(c1)oc1ccc(-c3cc(-c4ccc5oc6ccccc6c5c4)cc(-n4c5ccccc5c5cc6c7ccccc7n(-c7nc(-c8ccc9oc%10ccccc%10c9c8)nc(-c8ccc9oc%10ccccc%10c9c8)n7)c6cc54)c3)cc12. The molecule has 9 nitrogen and oxygen atoms in total. The highest BCUT2D eigenvalue weighted by Gasteiger charge is 2.24. The third-order valence-electron chi connectivity index (χ3n) is 17.2. The van der Waals surface area contributed by atoms with Crippen LogP contribution in [0.5, 0.6) is 0 Å². The second-order valence-electron chi connectivity index (χ2n) is 21.9. The topological polar surface area (TPSA) is 101 Å². The molecular weight excluding hydrogens is 1030 g/mol. The molecule has 0 bridgehead atoms. The summed E-state index contributed by atoms with van der Waals surface area (Å²) >= 11 is 0. The van der Waals surface area contributed by atoms with Crippen LogP contribution in [0.25, 0.3) is 188 Å². The average Bonchev–Trinajstić information content (AvgIpc) is 3.12. The van der Waals surface area contributed by atoms with Crippen molar-refractivity contribution in [1.29, 1.82) is 0 Å². The zero-order chi connectivity index (χ0) is 54.7. The molecule has 9 heteroatoms. The predicted octanol–water partition coefficient (Wildman–Crippen LogP) is 20.3. The second kappa shape index (κ2) is 17.0. The van der Waals surface area contributed by atoms with Crippen LogP contribution in [-0.2, 0) is 0 Å². The Morgan fingerprint density at radius 3 is 1.00 bits per heavy atom. The molecule has 84 heavy (non-hydrogen) atoms. The minimum Gasteiger partial charge on any atom is -0.456 e. The van der Waals surface area contributed by atoms with Crippen molar-refractivity contribution < 1.29 is 17.7 Å². The van der Waals surface area contributed by atoms with Crippen molar-refractivity contribution >= 4 is 131 Å². The Bertz CT molecular complexity index is 5400. The van der Waals surface area contributed by atoms with Gasteiger partial charge in [0.25, 0.3) is 0 Å². The van der Waals surface area contributed by atoms with Gasteiger partial charge in [-0.3, -0.25) is 4.57 Å². The van der Waals surface area contributed by atoms with Gasteiger partial charge in [0.15, 0.2) is 11.6 Å². The molecule has 7 heterocycles. The third-order valence-corrected chi connectivity index (χ3v) is 17.2. The zero-order valence-corrected chi connectivity index (χ0v) is 44.5. The lowest BCUT2D eigenvalue weighted by atomic mass is 9.96. The van der Waals surface area contributed by atoms with Crippen molar-refractivity contribution in [2.75, 3.05) is 0 Å². The minimum absolute atomic E-state index is 0.492. The van der Waals surface area contributed by atoms with Gasteiger partial charge in [0.2, 0.25) is 5.95 Å². The van der Waals surface area contributed by atoms with E-state index in [0.29, 0.717) is 17.6 Å². The van der Waals surface area contributed by atoms with Crippen LogP contribution < -0.4 is 0 Å². The number of hydrogen-bond donors (Lipinski definition) is 0. The molecule has 0 amide bonds. The summed E-state index contributed by atoms with van der Waals surface area (Å²) in [6.45, 7) is 0. The van der Waals surface area contributed by atoms with Crippen LogP contribution in [0.15, 0.2) is 266 Å². The Labute approximate surface area is 476 Å². The number of fused-ring (bicyclic) bond motifs is 18. The lowest BCUT2D eigenvalue weighted by Crippen LogP contribution is -2.06. The first-order valence-electron chi connectivity index (χ1n) is 28.1. The first-order chi connectivity index (χ1) is 41.6. The van der Waals surface area contributed by atoms with E-state index in [1.54, 1.807) is 0 Å². The van der Waals surface area contributed by atoms with Gasteiger partial charge in [-0.1, -0.05) is 121 Å². The van der Waals surface area contributed by atoms with Gasteiger partial charge in [0.1, 0.15) is 44.7 Å². The van der Waals surface area contributed by atoms with Crippen molar-refractivity contribution in [3.63, 3.8) is 0 Å². The molecule has 0 aliphatic carbocycles. The molecule has 0 fully saturated rings. The van der Waals surface area contributed by atoms with E-state index in [0.717, 1.165) is 170 Å². The van der Waals surface area contributed by atoms with E-state index in [4.69, 9.17) is 32.6 Å². The highest BCUT2D eigenvalue weighted by molar-refractivity contribution is 6.19. The first-order valence-corrected chi connectivity index (χ1v) is 28.1. The Balaban J connectivity index is 0.871. The Morgan fingerprint density at radius 1 is 0.214 bits per heavy atom.